The lowest BCUT2D eigenvalue weighted by Gasteiger charge is -2.31. The molecule has 0 aliphatic rings. The molecular formula is C23H37N3O5. The van der Waals surface area contributed by atoms with E-state index in [0.717, 1.165) is 24.8 Å². The van der Waals surface area contributed by atoms with Gasteiger partial charge >= 0.3 is 6.09 Å². The van der Waals surface area contributed by atoms with Gasteiger partial charge in [-0.15, -0.1) is 0 Å². The van der Waals surface area contributed by atoms with Crippen molar-refractivity contribution in [2.45, 2.75) is 71.6 Å². The highest BCUT2D eigenvalue weighted by Gasteiger charge is 2.33. The summed E-state index contributed by atoms with van der Waals surface area (Å²) in [5.74, 6) is -0.910. The number of rotatable bonds is 10. The number of alkyl carbamates (subject to hydrolysis) is 1. The van der Waals surface area contributed by atoms with Crippen molar-refractivity contribution in [3.05, 3.63) is 35.4 Å². The lowest BCUT2D eigenvalue weighted by Crippen LogP contribution is -2.53. The highest BCUT2D eigenvalue weighted by atomic mass is 16.6. The van der Waals surface area contributed by atoms with Gasteiger partial charge in [0.25, 0.3) is 0 Å². The molecule has 0 aromatic heterocycles. The Bertz CT molecular complexity index is 728. The van der Waals surface area contributed by atoms with Gasteiger partial charge in [-0.05, 0) is 39.7 Å². The van der Waals surface area contributed by atoms with Crippen LogP contribution in [0.4, 0.5) is 4.79 Å². The maximum Gasteiger partial charge on any atom is 0.408 e. The molecule has 8 nitrogen and oxygen atoms in total. The van der Waals surface area contributed by atoms with Crippen LogP contribution in [0.1, 0.15) is 64.1 Å². The van der Waals surface area contributed by atoms with Crippen molar-refractivity contribution in [1.29, 1.82) is 0 Å². The third-order valence-electron chi connectivity index (χ3n) is 4.63. The summed E-state index contributed by atoms with van der Waals surface area (Å²) in [6.45, 7) is 9.00. The van der Waals surface area contributed by atoms with E-state index in [4.69, 9.17) is 4.74 Å². The Balaban J connectivity index is 3.03. The second kappa shape index (κ2) is 12.3. The maximum atomic E-state index is 13.1. The molecule has 2 atom stereocenters. The molecule has 0 fully saturated rings. The van der Waals surface area contributed by atoms with Crippen molar-refractivity contribution in [3.63, 3.8) is 0 Å². The van der Waals surface area contributed by atoms with Crippen molar-refractivity contribution in [3.8, 4) is 0 Å². The summed E-state index contributed by atoms with van der Waals surface area (Å²) in [6.07, 6.45) is 2.06. The number of amides is 3. The first-order valence-corrected chi connectivity index (χ1v) is 10.7. The minimum atomic E-state index is -1.24. The average molecular weight is 436 g/mol. The smallest absolute Gasteiger partial charge is 0.408 e. The molecule has 0 saturated carbocycles. The zero-order valence-corrected chi connectivity index (χ0v) is 19.5. The molecule has 0 heterocycles. The predicted octanol–water partition coefficient (Wildman–Crippen LogP) is 2.69. The van der Waals surface area contributed by atoms with E-state index in [1.165, 1.54) is 11.9 Å². The Labute approximate surface area is 185 Å². The molecule has 8 heteroatoms. The van der Waals surface area contributed by atoms with Crippen molar-refractivity contribution >= 4 is 17.9 Å². The number of likely N-dealkylation sites (N-methyl/N-ethyl adjacent to an activating group) is 1. The van der Waals surface area contributed by atoms with Crippen LogP contribution in [0.25, 0.3) is 0 Å². The van der Waals surface area contributed by atoms with Gasteiger partial charge in [-0.25, -0.2) is 4.79 Å². The summed E-state index contributed by atoms with van der Waals surface area (Å²) >= 11 is 0. The van der Waals surface area contributed by atoms with Gasteiger partial charge in [0.2, 0.25) is 11.8 Å². The summed E-state index contributed by atoms with van der Waals surface area (Å²) in [5.41, 5.74) is 0.921. The standard InChI is InChI=1S/C23H37N3O5/c1-7-8-9-14-24-20(28)19(17-12-10-16(2)11-13-17)26(6)21(29)18(15-27)25-22(30)31-23(3,4)5/h10-13,18-19,27H,7-9,14-15H2,1-6H3,(H,24,28)(H,25,30). The lowest BCUT2D eigenvalue weighted by atomic mass is 10.0. The number of hydrogen-bond donors (Lipinski definition) is 3. The Morgan fingerprint density at radius 2 is 1.74 bits per heavy atom. The molecule has 2 unspecified atom stereocenters. The van der Waals surface area contributed by atoms with Crippen LogP contribution in [0, 0.1) is 6.92 Å². The van der Waals surface area contributed by atoms with Crippen LogP contribution < -0.4 is 10.6 Å². The number of aliphatic hydroxyl groups is 1. The van der Waals surface area contributed by atoms with Crippen LogP contribution >= 0.6 is 0 Å². The number of nitrogens with zero attached hydrogens (tertiary/aromatic N) is 1. The first-order valence-electron chi connectivity index (χ1n) is 10.7. The van der Waals surface area contributed by atoms with E-state index >= 15 is 0 Å². The molecule has 0 radical (unpaired) electrons. The molecule has 174 valence electrons. The third kappa shape index (κ3) is 8.96. The van der Waals surface area contributed by atoms with Gasteiger partial charge in [0.1, 0.15) is 17.7 Å². The molecule has 1 aromatic carbocycles. The first-order chi connectivity index (χ1) is 14.5. The van der Waals surface area contributed by atoms with Crippen LogP contribution in [0.2, 0.25) is 0 Å². The summed E-state index contributed by atoms with van der Waals surface area (Å²) in [5, 5.41) is 15.0. The molecule has 1 aromatic rings. The van der Waals surface area contributed by atoms with E-state index in [-0.39, 0.29) is 5.91 Å². The van der Waals surface area contributed by atoms with E-state index in [9.17, 15) is 19.5 Å². The Hall–Kier alpha value is -2.61. The van der Waals surface area contributed by atoms with Gasteiger partial charge < -0.3 is 25.4 Å². The normalized spacial score (nSPS) is 13.1. The topological polar surface area (TPSA) is 108 Å². The summed E-state index contributed by atoms with van der Waals surface area (Å²) in [4.78, 5) is 39.4. The number of nitrogens with one attached hydrogen (secondary N) is 2. The lowest BCUT2D eigenvalue weighted by molar-refractivity contribution is -0.141. The highest BCUT2D eigenvalue weighted by molar-refractivity contribution is 5.92. The number of carbonyl (C=O) groups excluding carboxylic acids is 3. The average Bonchev–Trinajstić information content (AvgIpc) is 2.69. The van der Waals surface area contributed by atoms with Crippen molar-refractivity contribution in [2.24, 2.45) is 0 Å². The minimum Gasteiger partial charge on any atom is -0.444 e. The third-order valence-corrected chi connectivity index (χ3v) is 4.63. The number of aryl methyl sites for hydroxylation is 1. The number of carbonyl (C=O) groups is 3. The summed E-state index contributed by atoms with van der Waals surface area (Å²) in [6, 6.07) is 5.20. The Kier molecular flexibility index (Phi) is 10.5. The van der Waals surface area contributed by atoms with Crippen LogP contribution in [0.3, 0.4) is 0 Å². The Morgan fingerprint density at radius 1 is 1.13 bits per heavy atom. The highest BCUT2D eigenvalue weighted by Crippen LogP contribution is 2.21. The molecule has 1 rings (SSSR count). The number of hydrogen-bond acceptors (Lipinski definition) is 5. The largest absolute Gasteiger partial charge is 0.444 e. The number of ether oxygens (including phenoxy) is 1. The number of benzene rings is 1. The van der Waals surface area contributed by atoms with Gasteiger partial charge in [-0.3, -0.25) is 9.59 Å². The molecule has 0 aliphatic carbocycles. The molecule has 3 N–H and O–H groups in total. The van der Waals surface area contributed by atoms with Crippen LogP contribution in [0.15, 0.2) is 24.3 Å². The van der Waals surface area contributed by atoms with E-state index < -0.39 is 36.3 Å². The monoisotopic (exact) mass is 435 g/mol. The molecule has 31 heavy (non-hydrogen) atoms. The molecule has 0 bridgehead atoms. The zero-order valence-electron chi connectivity index (χ0n) is 19.5. The van der Waals surface area contributed by atoms with E-state index in [1.54, 1.807) is 32.9 Å². The van der Waals surface area contributed by atoms with Gasteiger partial charge in [0.15, 0.2) is 0 Å². The van der Waals surface area contributed by atoms with Gasteiger partial charge in [-0.1, -0.05) is 49.6 Å². The van der Waals surface area contributed by atoms with Crippen LogP contribution in [0.5, 0.6) is 0 Å². The fourth-order valence-electron chi connectivity index (χ4n) is 2.99. The van der Waals surface area contributed by atoms with E-state index in [2.05, 4.69) is 17.6 Å². The van der Waals surface area contributed by atoms with E-state index in [1.807, 2.05) is 19.1 Å². The van der Waals surface area contributed by atoms with Crippen molar-refractivity contribution in [2.75, 3.05) is 20.2 Å². The number of unbranched alkanes of at least 4 members (excludes halogenated alkanes) is 2. The fourth-order valence-corrected chi connectivity index (χ4v) is 2.99. The predicted molar refractivity (Wildman–Crippen MR) is 119 cm³/mol. The first kappa shape index (κ1) is 26.4. The maximum absolute atomic E-state index is 13.1. The molecular weight excluding hydrogens is 398 g/mol. The molecule has 0 saturated heterocycles. The summed E-state index contributed by atoms with van der Waals surface area (Å²) < 4.78 is 5.17. The van der Waals surface area contributed by atoms with Crippen LogP contribution in [-0.2, 0) is 14.3 Å². The van der Waals surface area contributed by atoms with Crippen molar-refractivity contribution < 1.29 is 24.2 Å². The second-order valence-electron chi connectivity index (χ2n) is 8.64. The molecule has 0 spiro atoms. The fraction of sp³-hybridized carbons (Fsp3) is 0.609. The van der Waals surface area contributed by atoms with Gasteiger partial charge in [0.05, 0.1) is 6.61 Å². The SMILES string of the molecule is CCCCCNC(=O)C(c1ccc(C)cc1)N(C)C(=O)C(CO)NC(=O)OC(C)(C)C. The minimum absolute atomic E-state index is 0.315. The summed E-state index contributed by atoms with van der Waals surface area (Å²) in [7, 11) is 1.48. The quantitative estimate of drug-likeness (QED) is 0.490. The van der Waals surface area contributed by atoms with Crippen LogP contribution in [-0.4, -0.2) is 59.8 Å². The van der Waals surface area contributed by atoms with Gasteiger partial charge in [0, 0.05) is 13.6 Å². The Morgan fingerprint density at radius 3 is 2.26 bits per heavy atom. The molecule has 0 aliphatic heterocycles. The zero-order chi connectivity index (χ0) is 23.6. The second-order valence-corrected chi connectivity index (χ2v) is 8.64. The number of aliphatic hydroxyl groups excluding tert-OH is 1. The van der Waals surface area contributed by atoms with E-state index in [0.29, 0.717) is 12.1 Å². The van der Waals surface area contributed by atoms with Gasteiger partial charge in [-0.2, -0.15) is 0 Å². The molecule has 3 amide bonds. The van der Waals surface area contributed by atoms with Crippen molar-refractivity contribution in [1.82, 2.24) is 15.5 Å².